The number of carbonyl (C=O) groups excluding carboxylic acids is 1. The van der Waals surface area contributed by atoms with Crippen LogP contribution in [0.5, 0.6) is 0 Å². The topological polar surface area (TPSA) is 91.0 Å². The SMILES string of the molecule is COC(=O)c1ccccc1-n1ncc(NCc2ccccc2-n2ccc(C)n2)c(Cl)c1=O. The fraction of sp³-hybridized carbons (Fsp3) is 0.130. The van der Waals surface area contributed by atoms with Gasteiger partial charge in [0.05, 0.1) is 41.6 Å². The van der Waals surface area contributed by atoms with E-state index in [9.17, 15) is 9.59 Å². The summed E-state index contributed by atoms with van der Waals surface area (Å²) in [5, 5.41) is 11.8. The molecule has 0 saturated heterocycles. The van der Waals surface area contributed by atoms with E-state index in [0.29, 0.717) is 12.2 Å². The van der Waals surface area contributed by atoms with Crippen LogP contribution in [0.25, 0.3) is 11.4 Å². The van der Waals surface area contributed by atoms with Gasteiger partial charge in [-0.3, -0.25) is 4.79 Å². The van der Waals surface area contributed by atoms with Crippen LogP contribution in [0.3, 0.4) is 0 Å². The van der Waals surface area contributed by atoms with E-state index in [2.05, 4.69) is 15.5 Å². The number of anilines is 1. The molecule has 2 aromatic carbocycles. The van der Waals surface area contributed by atoms with Crippen molar-refractivity contribution in [2.75, 3.05) is 12.4 Å². The van der Waals surface area contributed by atoms with E-state index in [1.54, 1.807) is 28.9 Å². The number of halogens is 1. The van der Waals surface area contributed by atoms with Crippen LogP contribution in [0.15, 0.2) is 71.8 Å². The minimum Gasteiger partial charge on any atom is -0.465 e. The summed E-state index contributed by atoms with van der Waals surface area (Å²) in [5.41, 5.74) is 3.13. The summed E-state index contributed by atoms with van der Waals surface area (Å²) in [7, 11) is 1.28. The van der Waals surface area contributed by atoms with Gasteiger partial charge in [-0.15, -0.1) is 0 Å². The van der Waals surface area contributed by atoms with Crippen molar-refractivity contribution in [3.63, 3.8) is 0 Å². The van der Waals surface area contributed by atoms with E-state index in [4.69, 9.17) is 16.3 Å². The number of rotatable bonds is 6. The van der Waals surface area contributed by atoms with Crippen LogP contribution < -0.4 is 10.9 Å². The Bertz CT molecular complexity index is 1350. The Morgan fingerprint density at radius 2 is 1.81 bits per heavy atom. The summed E-state index contributed by atoms with van der Waals surface area (Å²) in [5.74, 6) is -0.571. The average molecular weight is 450 g/mol. The van der Waals surface area contributed by atoms with Gasteiger partial charge in [-0.2, -0.15) is 14.9 Å². The van der Waals surface area contributed by atoms with Crippen molar-refractivity contribution in [2.45, 2.75) is 13.5 Å². The van der Waals surface area contributed by atoms with Crippen molar-refractivity contribution in [2.24, 2.45) is 0 Å². The lowest BCUT2D eigenvalue weighted by Gasteiger charge is -2.14. The molecule has 0 amide bonds. The Morgan fingerprint density at radius 1 is 1.09 bits per heavy atom. The summed E-state index contributed by atoms with van der Waals surface area (Å²) >= 11 is 6.37. The van der Waals surface area contributed by atoms with Gasteiger partial charge in [-0.1, -0.05) is 41.9 Å². The Labute approximate surface area is 189 Å². The third kappa shape index (κ3) is 4.13. The largest absolute Gasteiger partial charge is 0.465 e. The van der Waals surface area contributed by atoms with Crippen LogP contribution in [0, 0.1) is 6.92 Å². The zero-order chi connectivity index (χ0) is 22.7. The first-order valence-electron chi connectivity index (χ1n) is 9.79. The molecule has 1 N–H and O–H groups in total. The highest BCUT2D eigenvalue weighted by Gasteiger charge is 2.17. The molecule has 9 heteroatoms. The lowest BCUT2D eigenvalue weighted by Crippen LogP contribution is -2.24. The van der Waals surface area contributed by atoms with Gasteiger partial charge >= 0.3 is 5.97 Å². The average Bonchev–Trinajstić information content (AvgIpc) is 3.26. The molecule has 0 spiro atoms. The number of hydrogen-bond acceptors (Lipinski definition) is 6. The molecule has 0 atom stereocenters. The van der Waals surface area contributed by atoms with Crippen LogP contribution in [0.2, 0.25) is 5.02 Å². The summed E-state index contributed by atoms with van der Waals surface area (Å²) in [6.45, 7) is 2.33. The predicted molar refractivity (Wildman–Crippen MR) is 122 cm³/mol. The van der Waals surface area contributed by atoms with Gasteiger partial charge in [0, 0.05) is 12.7 Å². The number of hydrogen-bond donors (Lipinski definition) is 1. The molecule has 162 valence electrons. The molecule has 4 rings (SSSR count). The smallest absolute Gasteiger partial charge is 0.340 e. The van der Waals surface area contributed by atoms with Crippen LogP contribution in [-0.4, -0.2) is 32.6 Å². The van der Waals surface area contributed by atoms with E-state index in [0.717, 1.165) is 21.6 Å². The summed E-state index contributed by atoms with van der Waals surface area (Å²) in [4.78, 5) is 25.0. The van der Waals surface area contributed by atoms with E-state index >= 15 is 0 Å². The van der Waals surface area contributed by atoms with Crippen LogP contribution in [-0.2, 0) is 11.3 Å². The third-order valence-corrected chi connectivity index (χ3v) is 5.25. The van der Waals surface area contributed by atoms with E-state index in [1.165, 1.54) is 13.3 Å². The van der Waals surface area contributed by atoms with Gasteiger partial charge in [-0.05, 0) is 36.8 Å². The summed E-state index contributed by atoms with van der Waals surface area (Å²) < 4.78 is 7.68. The molecule has 0 aliphatic heterocycles. The third-order valence-electron chi connectivity index (χ3n) is 4.89. The Hall–Kier alpha value is -3.91. The number of aryl methyl sites for hydroxylation is 1. The van der Waals surface area contributed by atoms with Crippen molar-refractivity contribution < 1.29 is 9.53 Å². The number of carbonyl (C=O) groups is 1. The zero-order valence-electron chi connectivity index (χ0n) is 17.4. The van der Waals surface area contributed by atoms with Crippen LogP contribution >= 0.6 is 11.6 Å². The zero-order valence-corrected chi connectivity index (χ0v) is 18.2. The maximum absolute atomic E-state index is 12.9. The second kappa shape index (κ2) is 9.07. The van der Waals surface area contributed by atoms with Gasteiger partial charge in [0.15, 0.2) is 0 Å². The maximum Gasteiger partial charge on any atom is 0.340 e. The molecule has 8 nitrogen and oxygen atoms in total. The molecule has 0 unspecified atom stereocenters. The van der Waals surface area contributed by atoms with Gasteiger partial charge in [0.25, 0.3) is 5.56 Å². The van der Waals surface area contributed by atoms with Crippen molar-refractivity contribution in [1.29, 1.82) is 0 Å². The lowest BCUT2D eigenvalue weighted by atomic mass is 10.1. The Morgan fingerprint density at radius 3 is 2.53 bits per heavy atom. The molecule has 32 heavy (non-hydrogen) atoms. The van der Waals surface area contributed by atoms with Gasteiger partial charge in [0.1, 0.15) is 5.02 Å². The molecule has 2 heterocycles. The Kier molecular flexibility index (Phi) is 6.04. The number of aromatic nitrogens is 4. The highest BCUT2D eigenvalue weighted by molar-refractivity contribution is 6.33. The molecular formula is C23H20ClN5O3. The van der Waals surface area contributed by atoms with Gasteiger partial charge in [0.2, 0.25) is 0 Å². The Balaban J connectivity index is 1.63. The highest BCUT2D eigenvalue weighted by Crippen LogP contribution is 2.21. The molecular weight excluding hydrogens is 430 g/mol. The predicted octanol–water partition coefficient (Wildman–Crippen LogP) is 3.78. The standard InChI is InChI=1S/C23H20ClN5O3/c1-15-11-12-28(27-15)19-9-5-3-7-16(19)13-25-18-14-26-29(22(30)21(18)24)20-10-6-4-8-17(20)23(31)32-2/h3-12,14,25H,13H2,1-2H3. The number of nitrogens with zero attached hydrogens (tertiary/aromatic N) is 4. The molecule has 0 radical (unpaired) electrons. The number of para-hydroxylation sites is 2. The first-order chi connectivity index (χ1) is 15.5. The highest BCUT2D eigenvalue weighted by atomic mass is 35.5. The monoisotopic (exact) mass is 449 g/mol. The molecule has 0 saturated carbocycles. The quantitative estimate of drug-likeness (QED) is 0.450. The van der Waals surface area contributed by atoms with Crippen LogP contribution in [0.4, 0.5) is 5.69 Å². The number of benzene rings is 2. The maximum atomic E-state index is 12.9. The normalized spacial score (nSPS) is 10.7. The van der Waals surface area contributed by atoms with E-state index < -0.39 is 11.5 Å². The fourth-order valence-corrected chi connectivity index (χ4v) is 3.49. The minimum absolute atomic E-state index is 0.0351. The van der Waals surface area contributed by atoms with Gasteiger partial charge < -0.3 is 10.1 Å². The summed E-state index contributed by atoms with van der Waals surface area (Å²) in [6.07, 6.45) is 3.35. The van der Waals surface area contributed by atoms with Crippen molar-refractivity contribution >= 4 is 23.3 Å². The molecule has 4 aromatic rings. The first-order valence-corrected chi connectivity index (χ1v) is 10.2. The molecule has 0 aliphatic carbocycles. The number of ether oxygens (including phenoxy) is 1. The van der Waals surface area contributed by atoms with Crippen molar-refractivity contribution in [3.05, 3.63) is 99.2 Å². The van der Waals surface area contributed by atoms with Crippen molar-refractivity contribution in [3.8, 4) is 11.4 Å². The second-order valence-electron chi connectivity index (χ2n) is 6.98. The molecule has 0 aliphatic rings. The second-order valence-corrected chi connectivity index (χ2v) is 7.36. The first kappa shape index (κ1) is 21.3. The minimum atomic E-state index is -0.571. The van der Waals surface area contributed by atoms with E-state index in [1.807, 2.05) is 43.5 Å². The number of esters is 1. The molecule has 2 aromatic heterocycles. The van der Waals surface area contributed by atoms with E-state index in [-0.39, 0.29) is 16.3 Å². The summed E-state index contributed by atoms with van der Waals surface area (Å²) in [6, 6.07) is 16.3. The molecule has 0 fully saturated rings. The lowest BCUT2D eigenvalue weighted by molar-refractivity contribution is 0.0600. The number of nitrogens with one attached hydrogen (secondary N) is 1. The van der Waals surface area contributed by atoms with Crippen LogP contribution in [0.1, 0.15) is 21.6 Å². The molecule has 0 bridgehead atoms. The van der Waals surface area contributed by atoms with Gasteiger partial charge in [-0.25, -0.2) is 9.48 Å². The number of methoxy groups -OCH3 is 1. The fourth-order valence-electron chi connectivity index (χ4n) is 3.29. The van der Waals surface area contributed by atoms with Crippen molar-refractivity contribution in [1.82, 2.24) is 19.6 Å².